The molecule has 1 aromatic rings. The van der Waals surface area contributed by atoms with E-state index in [1.165, 1.54) is 19.2 Å². The number of benzene rings is 1. The van der Waals surface area contributed by atoms with Gasteiger partial charge in [0.1, 0.15) is 0 Å². The Morgan fingerprint density at radius 3 is 2.32 bits per heavy atom. The van der Waals surface area contributed by atoms with Gasteiger partial charge in [0, 0.05) is 11.5 Å². The lowest BCUT2D eigenvalue weighted by molar-refractivity contribution is -0.122. The summed E-state index contributed by atoms with van der Waals surface area (Å²) in [5.41, 5.74) is -0.381. The highest BCUT2D eigenvalue weighted by atomic mass is 16.5. The molecule has 0 aliphatic rings. The van der Waals surface area contributed by atoms with Gasteiger partial charge in [-0.2, -0.15) is 0 Å². The number of anilines is 1. The zero-order chi connectivity index (χ0) is 16.9. The normalized spacial score (nSPS) is 11.7. The van der Waals surface area contributed by atoms with Crippen molar-refractivity contribution in [1.82, 2.24) is 0 Å². The first-order valence-corrected chi connectivity index (χ1v) is 6.60. The van der Waals surface area contributed by atoms with Crippen molar-refractivity contribution in [2.24, 2.45) is 5.41 Å². The van der Waals surface area contributed by atoms with Crippen LogP contribution in [0.5, 0.6) is 0 Å². The van der Waals surface area contributed by atoms with Crippen LogP contribution in [-0.2, 0) is 14.3 Å². The van der Waals surface area contributed by atoms with E-state index in [0.717, 1.165) is 6.08 Å². The standard InChI is InChI=1S/C16H19NO5/c1-16(2,3)13(19)9-12(18)14(20)17-11-8-6-5-7-10(11)15(21)22-4/h5-9,18H,1-4H3,(H,17,20)/b12-9-. The summed E-state index contributed by atoms with van der Waals surface area (Å²) >= 11 is 0. The Labute approximate surface area is 128 Å². The average Bonchev–Trinajstić information content (AvgIpc) is 2.45. The maximum absolute atomic E-state index is 11.9. The van der Waals surface area contributed by atoms with E-state index in [1.54, 1.807) is 32.9 Å². The van der Waals surface area contributed by atoms with E-state index < -0.39 is 23.1 Å². The minimum atomic E-state index is -0.881. The predicted molar refractivity (Wildman–Crippen MR) is 81.6 cm³/mol. The number of hydrogen-bond donors (Lipinski definition) is 2. The molecule has 2 N–H and O–H groups in total. The van der Waals surface area contributed by atoms with E-state index >= 15 is 0 Å². The lowest BCUT2D eigenvalue weighted by Gasteiger charge is -2.14. The number of esters is 1. The molecule has 0 aliphatic carbocycles. The number of methoxy groups -OCH3 is 1. The van der Waals surface area contributed by atoms with Crippen LogP contribution in [0.3, 0.4) is 0 Å². The van der Waals surface area contributed by atoms with E-state index in [-0.39, 0.29) is 17.0 Å². The van der Waals surface area contributed by atoms with Crippen molar-refractivity contribution < 1.29 is 24.2 Å². The largest absolute Gasteiger partial charge is 0.503 e. The van der Waals surface area contributed by atoms with E-state index in [9.17, 15) is 19.5 Å². The molecule has 0 heterocycles. The number of allylic oxidation sites excluding steroid dienone is 1. The van der Waals surface area contributed by atoms with Crippen molar-refractivity contribution in [3.63, 3.8) is 0 Å². The van der Waals surface area contributed by atoms with Gasteiger partial charge in [-0.05, 0) is 12.1 Å². The topological polar surface area (TPSA) is 92.7 Å². The third-order valence-corrected chi connectivity index (χ3v) is 2.82. The summed E-state index contributed by atoms with van der Waals surface area (Å²) in [5.74, 6) is -2.61. The highest BCUT2D eigenvalue weighted by molar-refractivity contribution is 6.09. The molecule has 0 radical (unpaired) electrons. The fourth-order valence-corrected chi connectivity index (χ4v) is 1.47. The molecule has 1 amide bonds. The Morgan fingerprint density at radius 1 is 1.18 bits per heavy atom. The Morgan fingerprint density at radius 2 is 1.77 bits per heavy atom. The van der Waals surface area contributed by atoms with E-state index in [2.05, 4.69) is 10.1 Å². The van der Waals surface area contributed by atoms with Crippen molar-refractivity contribution in [1.29, 1.82) is 0 Å². The second-order valence-electron chi connectivity index (χ2n) is 5.64. The first-order chi connectivity index (χ1) is 10.2. The van der Waals surface area contributed by atoms with Gasteiger partial charge in [-0.15, -0.1) is 0 Å². The van der Waals surface area contributed by atoms with Crippen LogP contribution < -0.4 is 5.32 Å². The lowest BCUT2D eigenvalue weighted by Crippen LogP contribution is -2.22. The Kier molecular flexibility index (Phi) is 5.45. The number of carbonyl (C=O) groups excluding carboxylic acids is 3. The van der Waals surface area contributed by atoms with Gasteiger partial charge in [0.05, 0.1) is 18.4 Å². The van der Waals surface area contributed by atoms with E-state index in [0.29, 0.717) is 0 Å². The fourth-order valence-electron chi connectivity index (χ4n) is 1.47. The molecular weight excluding hydrogens is 286 g/mol. The average molecular weight is 305 g/mol. The highest BCUT2D eigenvalue weighted by Crippen LogP contribution is 2.18. The Hall–Kier alpha value is -2.63. The van der Waals surface area contributed by atoms with Crippen molar-refractivity contribution >= 4 is 23.3 Å². The van der Waals surface area contributed by atoms with Crippen LogP contribution in [0.25, 0.3) is 0 Å². The van der Waals surface area contributed by atoms with Crippen molar-refractivity contribution in [2.45, 2.75) is 20.8 Å². The maximum Gasteiger partial charge on any atom is 0.339 e. The zero-order valence-electron chi connectivity index (χ0n) is 13.0. The van der Waals surface area contributed by atoms with Crippen LogP contribution in [-0.4, -0.2) is 29.9 Å². The molecule has 0 unspecified atom stereocenters. The molecule has 0 spiro atoms. The molecule has 0 bridgehead atoms. The molecule has 0 atom stereocenters. The van der Waals surface area contributed by atoms with E-state index in [4.69, 9.17) is 0 Å². The first-order valence-electron chi connectivity index (χ1n) is 6.60. The molecule has 0 saturated carbocycles. The van der Waals surface area contributed by atoms with Crippen LogP contribution in [0, 0.1) is 5.41 Å². The van der Waals surface area contributed by atoms with Gasteiger partial charge >= 0.3 is 5.97 Å². The van der Waals surface area contributed by atoms with Gasteiger partial charge in [-0.1, -0.05) is 32.9 Å². The molecule has 0 fully saturated rings. The minimum absolute atomic E-state index is 0.147. The van der Waals surface area contributed by atoms with Gasteiger partial charge in [0.2, 0.25) is 0 Å². The summed E-state index contributed by atoms with van der Waals surface area (Å²) < 4.78 is 4.61. The fraction of sp³-hybridized carbons (Fsp3) is 0.312. The van der Waals surface area contributed by atoms with Gasteiger partial charge in [-0.3, -0.25) is 9.59 Å². The number of nitrogens with one attached hydrogen (secondary N) is 1. The summed E-state index contributed by atoms with van der Waals surface area (Å²) in [6.07, 6.45) is 0.871. The quantitative estimate of drug-likeness (QED) is 0.506. The third kappa shape index (κ3) is 4.44. The predicted octanol–water partition coefficient (Wildman–Crippen LogP) is 2.47. The van der Waals surface area contributed by atoms with Crippen molar-refractivity contribution in [3.05, 3.63) is 41.7 Å². The second kappa shape index (κ2) is 6.89. The smallest absolute Gasteiger partial charge is 0.339 e. The SMILES string of the molecule is COC(=O)c1ccccc1NC(=O)/C(O)=C/C(=O)C(C)(C)C. The summed E-state index contributed by atoms with van der Waals surface area (Å²) in [7, 11) is 1.22. The van der Waals surface area contributed by atoms with Crippen LogP contribution in [0.2, 0.25) is 0 Å². The molecule has 6 heteroatoms. The number of amides is 1. The van der Waals surface area contributed by atoms with Gasteiger partial charge in [0.15, 0.2) is 11.5 Å². The van der Waals surface area contributed by atoms with E-state index in [1.807, 2.05) is 0 Å². The van der Waals surface area contributed by atoms with Gasteiger partial charge in [-0.25, -0.2) is 4.79 Å². The second-order valence-corrected chi connectivity index (χ2v) is 5.64. The number of carbonyl (C=O) groups is 3. The number of hydrogen-bond acceptors (Lipinski definition) is 5. The number of ether oxygens (including phenoxy) is 1. The molecule has 1 aromatic carbocycles. The van der Waals surface area contributed by atoms with Gasteiger partial charge < -0.3 is 15.2 Å². The van der Waals surface area contributed by atoms with Crippen molar-refractivity contribution in [2.75, 3.05) is 12.4 Å². The molecule has 6 nitrogen and oxygen atoms in total. The Balaban J connectivity index is 2.97. The number of aliphatic hydroxyl groups excluding tert-OH is 1. The molecule has 0 saturated heterocycles. The summed E-state index contributed by atoms with van der Waals surface area (Å²) in [5, 5.41) is 12.1. The monoisotopic (exact) mass is 305 g/mol. The molecule has 0 aliphatic heterocycles. The number of ketones is 1. The number of para-hydroxylation sites is 1. The van der Waals surface area contributed by atoms with Crippen LogP contribution in [0.1, 0.15) is 31.1 Å². The maximum atomic E-state index is 11.9. The van der Waals surface area contributed by atoms with Crippen LogP contribution in [0.15, 0.2) is 36.1 Å². The third-order valence-electron chi connectivity index (χ3n) is 2.82. The lowest BCUT2D eigenvalue weighted by atomic mass is 9.90. The Bertz CT molecular complexity index is 626. The number of aliphatic hydroxyl groups is 1. The molecular formula is C16H19NO5. The minimum Gasteiger partial charge on any atom is -0.503 e. The molecule has 0 aromatic heterocycles. The number of rotatable bonds is 4. The molecule has 22 heavy (non-hydrogen) atoms. The van der Waals surface area contributed by atoms with Crippen molar-refractivity contribution in [3.8, 4) is 0 Å². The van der Waals surface area contributed by atoms with Gasteiger partial charge in [0.25, 0.3) is 5.91 Å². The highest BCUT2D eigenvalue weighted by Gasteiger charge is 2.22. The zero-order valence-corrected chi connectivity index (χ0v) is 13.0. The first kappa shape index (κ1) is 17.4. The summed E-state index contributed by atoms with van der Waals surface area (Å²) in [6, 6.07) is 6.19. The van der Waals surface area contributed by atoms with Crippen LogP contribution >= 0.6 is 0 Å². The molecule has 1 rings (SSSR count). The summed E-state index contributed by atoms with van der Waals surface area (Å²) in [4.78, 5) is 35.3. The molecule has 118 valence electrons. The van der Waals surface area contributed by atoms with Crippen LogP contribution in [0.4, 0.5) is 5.69 Å². The summed E-state index contributed by atoms with van der Waals surface area (Å²) in [6.45, 7) is 5.01.